The highest BCUT2D eigenvalue weighted by atomic mass is 19.1. The number of rotatable bonds is 1. The maximum Gasteiger partial charge on any atom is 0.226 e. The molecule has 4 heteroatoms. The largest absolute Gasteiger partial charge is 0.226 e. The molecule has 0 aliphatic carbocycles. The molecule has 0 fully saturated rings. The fourth-order valence-corrected chi connectivity index (χ4v) is 0.618. The van der Waals surface area contributed by atoms with Gasteiger partial charge < -0.3 is 0 Å². The van der Waals surface area contributed by atoms with Crippen LogP contribution >= 0.6 is 0 Å². The molecule has 1 rings (SSSR count). The first-order chi connectivity index (χ1) is 5.33. The summed E-state index contributed by atoms with van der Waals surface area (Å²) in [4.78, 5) is 0. The quantitative estimate of drug-likeness (QED) is 0.446. The summed E-state index contributed by atoms with van der Waals surface area (Å²) in [6.45, 7) is 0. The molecule has 1 aromatic rings. The molecular formula is C7H4FN3. The van der Waals surface area contributed by atoms with Crippen LogP contribution in [0.5, 0.6) is 0 Å². The van der Waals surface area contributed by atoms with Gasteiger partial charge in [-0.05, 0) is 12.1 Å². The Morgan fingerprint density at radius 1 is 1.45 bits per heavy atom. The number of hydrogen-bond acceptors (Lipinski definition) is 3. The first-order valence-electron chi connectivity index (χ1n) is 2.88. The van der Waals surface area contributed by atoms with Gasteiger partial charge in [-0.3, -0.25) is 0 Å². The summed E-state index contributed by atoms with van der Waals surface area (Å²) in [5.41, 5.74) is 0.339. The van der Waals surface area contributed by atoms with Crippen LogP contribution in [-0.4, -0.2) is 0 Å². The number of benzene rings is 1. The maximum absolute atomic E-state index is 12.4. The fourth-order valence-electron chi connectivity index (χ4n) is 0.618. The Labute approximate surface area is 62.8 Å². The molecule has 0 radical (unpaired) electrons. The minimum absolute atomic E-state index is 0.339. The summed E-state index contributed by atoms with van der Waals surface area (Å²) in [6.07, 6.45) is 1.47. The first-order valence-corrected chi connectivity index (χ1v) is 2.88. The summed E-state index contributed by atoms with van der Waals surface area (Å²) in [5.74, 6) is -0.389. The van der Waals surface area contributed by atoms with E-state index >= 15 is 0 Å². The van der Waals surface area contributed by atoms with E-state index in [0.29, 0.717) is 5.69 Å². The van der Waals surface area contributed by atoms with E-state index < -0.39 is 0 Å². The molecule has 0 saturated carbocycles. The van der Waals surface area contributed by atoms with Crippen molar-refractivity contribution < 1.29 is 4.39 Å². The zero-order chi connectivity index (χ0) is 8.10. The van der Waals surface area contributed by atoms with Gasteiger partial charge in [-0.1, -0.05) is 11.2 Å². The number of nitrogens with zero attached hydrogens (tertiary/aromatic N) is 3. The first kappa shape index (κ1) is 7.35. The van der Waals surface area contributed by atoms with Crippen molar-refractivity contribution in [2.45, 2.75) is 0 Å². The van der Waals surface area contributed by atoms with Gasteiger partial charge in [0.1, 0.15) is 5.82 Å². The van der Waals surface area contributed by atoms with Gasteiger partial charge in [0.05, 0.1) is 5.69 Å². The van der Waals surface area contributed by atoms with Crippen molar-refractivity contribution in [2.24, 2.45) is 10.2 Å². The third-order valence-corrected chi connectivity index (χ3v) is 1.02. The summed E-state index contributed by atoms with van der Waals surface area (Å²) < 4.78 is 12.4. The van der Waals surface area contributed by atoms with Crippen molar-refractivity contribution in [1.29, 1.82) is 5.26 Å². The van der Waals surface area contributed by atoms with E-state index in [0.717, 1.165) is 0 Å². The van der Waals surface area contributed by atoms with E-state index in [1.54, 1.807) is 6.07 Å². The highest BCUT2D eigenvalue weighted by Gasteiger charge is 1.90. The number of halogens is 1. The Morgan fingerprint density at radius 2 is 2.27 bits per heavy atom. The molecule has 0 N–H and O–H groups in total. The van der Waals surface area contributed by atoms with E-state index in [1.165, 1.54) is 24.4 Å². The van der Waals surface area contributed by atoms with Crippen LogP contribution in [0.15, 0.2) is 34.5 Å². The Hall–Kier alpha value is -1.76. The molecule has 0 saturated heterocycles. The lowest BCUT2D eigenvalue weighted by atomic mass is 10.3. The summed E-state index contributed by atoms with van der Waals surface area (Å²) in [5, 5.41) is 14.4. The monoisotopic (exact) mass is 149 g/mol. The minimum atomic E-state index is -0.389. The summed E-state index contributed by atoms with van der Waals surface area (Å²) in [6, 6.07) is 5.55. The van der Waals surface area contributed by atoms with Gasteiger partial charge in [0.15, 0.2) is 0 Å². The fraction of sp³-hybridized carbons (Fsp3) is 0. The molecule has 0 atom stereocenters. The molecule has 0 amide bonds. The van der Waals surface area contributed by atoms with Gasteiger partial charge in [0.25, 0.3) is 0 Å². The van der Waals surface area contributed by atoms with Crippen LogP contribution in [0.2, 0.25) is 0 Å². The second kappa shape index (κ2) is 3.42. The van der Waals surface area contributed by atoms with Crippen molar-refractivity contribution in [3.8, 4) is 6.19 Å². The molecular weight excluding hydrogens is 145 g/mol. The van der Waals surface area contributed by atoms with Gasteiger partial charge in [-0.15, -0.1) is 5.11 Å². The molecule has 0 aliphatic rings. The zero-order valence-electron chi connectivity index (χ0n) is 5.53. The maximum atomic E-state index is 12.4. The lowest BCUT2D eigenvalue weighted by Gasteiger charge is -1.88. The third-order valence-electron chi connectivity index (χ3n) is 1.02. The Morgan fingerprint density at radius 3 is 2.91 bits per heavy atom. The second-order valence-corrected chi connectivity index (χ2v) is 1.78. The van der Waals surface area contributed by atoms with Crippen LogP contribution in [0.4, 0.5) is 10.1 Å². The highest BCUT2D eigenvalue weighted by molar-refractivity contribution is 5.35. The van der Waals surface area contributed by atoms with Crippen molar-refractivity contribution in [3.63, 3.8) is 0 Å². The standard InChI is InChI=1S/C7H4FN3/c8-6-2-1-3-7(4-6)11-10-5-9/h1-4H. The topological polar surface area (TPSA) is 48.5 Å². The molecule has 0 unspecified atom stereocenters. The van der Waals surface area contributed by atoms with E-state index in [9.17, 15) is 4.39 Å². The molecule has 3 nitrogen and oxygen atoms in total. The zero-order valence-corrected chi connectivity index (χ0v) is 5.53. The van der Waals surface area contributed by atoms with Crippen molar-refractivity contribution in [3.05, 3.63) is 30.1 Å². The minimum Gasteiger partial charge on any atom is -0.207 e. The predicted octanol–water partition coefficient (Wildman–Crippen LogP) is 2.39. The average Bonchev–Trinajstić information content (AvgIpc) is 2.01. The van der Waals surface area contributed by atoms with Gasteiger partial charge in [0, 0.05) is 6.07 Å². The van der Waals surface area contributed by atoms with Crippen LogP contribution in [0.25, 0.3) is 0 Å². The molecule has 0 aliphatic heterocycles. The lowest BCUT2D eigenvalue weighted by molar-refractivity contribution is 0.628. The van der Waals surface area contributed by atoms with Crippen LogP contribution in [0.3, 0.4) is 0 Å². The van der Waals surface area contributed by atoms with Crippen LogP contribution in [0, 0.1) is 17.3 Å². The Bertz CT molecular complexity index is 314. The van der Waals surface area contributed by atoms with Crippen LogP contribution in [-0.2, 0) is 0 Å². The lowest BCUT2D eigenvalue weighted by Crippen LogP contribution is -1.68. The highest BCUT2D eigenvalue weighted by Crippen LogP contribution is 2.12. The second-order valence-electron chi connectivity index (χ2n) is 1.78. The molecule has 0 heterocycles. The normalized spacial score (nSPS) is 9.82. The van der Waals surface area contributed by atoms with Crippen molar-refractivity contribution in [2.75, 3.05) is 0 Å². The molecule has 0 aromatic heterocycles. The Kier molecular flexibility index (Phi) is 2.28. The number of azo groups is 1. The third kappa shape index (κ3) is 2.14. The summed E-state index contributed by atoms with van der Waals surface area (Å²) >= 11 is 0. The molecule has 0 bridgehead atoms. The Balaban J connectivity index is 2.90. The van der Waals surface area contributed by atoms with E-state index in [-0.39, 0.29) is 5.82 Å². The van der Waals surface area contributed by atoms with Crippen molar-refractivity contribution in [1.82, 2.24) is 0 Å². The molecule has 54 valence electrons. The van der Waals surface area contributed by atoms with E-state index in [2.05, 4.69) is 10.2 Å². The molecule has 1 aromatic carbocycles. The van der Waals surface area contributed by atoms with Gasteiger partial charge in [-0.25, -0.2) is 4.39 Å². The summed E-state index contributed by atoms with van der Waals surface area (Å²) in [7, 11) is 0. The van der Waals surface area contributed by atoms with Crippen molar-refractivity contribution >= 4 is 5.69 Å². The van der Waals surface area contributed by atoms with Gasteiger partial charge in [-0.2, -0.15) is 5.26 Å². The smallest absolute Gasteiger partial charge is 0.207 e. The van der Waals surface area contributed by atoms with E-state index in [1.807, 2.05) is 0 Å². The number of hydrogen-bond donors (Lipinski definition) is 0. The molecule has 11 heavy (non-hydrogen) atoms. The number of nitriles is 1. The van der Waals surface area contributed by atoms with Crippen LogP contribution < -0.4 is 0 Å². The van der Waals surface area contributed by atoms with Crippen LogP contribution in [0.1, 0.15) is 0 Å². The van der Waals surface area contributed by atoms with Gasteiger partial charge >= 0.3 is 0 Å². The average molecular weight is 149 g/mol. The predicted molar refractivity (Wildman–Crippen MR) is 36.5 cm³/mol. The van der Waals surface area contributed by atoms with E-state index in [4.69, 9.17) is 5.26 Å². The molecule has 0 spiro atoms. The SMILES string of the molecule is N#CN=Nc1cccc(F)c1. The van der Waals surface area contributed by atoms with Gasteiger partial charge in [0.2, 0.25) is 6.19 Å².